The van der Waals surface area contributed by atoms with Crippen molar-refractivity contribution < 1.29 is 24.2 Å². The van der Waals surface area contributed by atoms with Crippen LogP contribution in [-0.4, -0.2) is 27.8 Å². The summed E-state index contributed by atoms with van der Waals surface area (Å²) in [6.07, 6.45) is 3.40. The molecule has 0 aliphatic carbocycles. The Balaban J connectivity index is 1.76. The molecule has 8 heteroatoms. The summed E-state index contributed by atoms with van der Waals surface area (Å²) >= 11 is 1.43. The molecule has 1 amide bonds. The van der Waals surface area contributed by atoms with Gasteiger partial charge >= 0.3 is 12.1 Å². The number of ether oxygens (including phenoxy) is 2. The molecule has 3 aromatic rings. The SMILES string of the molecule is CC(=C\c1csc([C@H](Cc2ccc(OCc3ccccc3)cc2)NC(=O)OC(C)(C)C)n1)/C=C(\C)C(=O)O. The summed E-state index contributed by atoms with van der Waals surface area (Å²) in [4.78, 5) is 28.4. The van der Waals surface area contributed by atoms with Crippen molar-refractivity contribution in [3.05, 3.63) is 99.0 Å². The van der Waals surface area contributed by atoms with Crippen LogP contribution in [-0.2, 0) is 22.6 Å². The molecule has 7 nitrogen and oxygen atoms in total. The summed E-state index contributed by atoms with van der Waals surface area (Å²) in [6.45, 7) is 9.31. The molecule has 3 rings (SSSR count). The lowest BCUT2D eigenvalue weighted by Gasteiger charge is -2.23. The van der Waals surface area contributed by atoms with Crippen LogP contribution >= 0.6 is 11.3 Å². The van der Waals surface area contributed by atoms with Crippen molar-refractivity contribution in [3.8, 4) is 5.75 Å². The number of hydrogen-bond donors (Lipinski definition) is 2. The Morgan fingerprint density at radius 1 is 1.05 bits per heavy atom. The predicted molar refractivity (Wildman–Crippen MR) is 150 cm³/mol. The first-order chi connectivity index (χ1) is 18.0. The van der Waals surface area contributed by atoms with Gasteiger partial charge in [-0.1, -0.05) is 42.5 Å². The Bertz CT molecular complexity index is 1290. The number of allylic oxidation sites excluding steroid dienone is 2. The molecule has 38 heavy (non-hydrogen) atoms. The molecule has 2 N–H and O–H groups in total. The molecule has 1 heterocycles. The second-order valence-electron chi connectivity index (χ2n) is 9.95. The summed E-state index contributed by atoms with van der Waals surface area (Å²) in [7, 11) is 0. The molecule has 200 valence electrons. The van der Waals surface area contributed by atoms with Crippen molar-refractivity contribution in [2.45, 2.75) is 59.3 Å². The van der Waals surface area contributed by atoms with E-state index in [0.29, 0.717) is 18.7 Å². The van der Waals surface area contributed by atoms with Gasteiger partial charge in [0, 0.05) is 11.0 Å². The zero-order chi connectivity index (χ0) is 27.7. The van der Waals surface area contributed by atoms with Gasteiger partial charge in [-0.15, -0.1) is 11.3 Å². The summed E-state index contributed by atoms with van der Waals surface area (Å²) in [5, 5.41) is 14.7. The maximum Gasteiger partial charge on any atom is 0.408 e. The number of rotatable bonds is 10. The van der Waals surface area contributed by atoms with Crippen molar-refractivity contribution in [2.75, 3.05) is 0 Å². The topological polar surface area (TPSA) is 97.8 Å². The van der Waals surface area contributed by atoms with Gasteiger partial charge in [-0.25, -0.2) is 14.6 Å². The summed E-state index contributed by atoms with van der Waals surface area (Å²) in [5.41, 5.74) is 3.17. The maximum atomic E-state index is 12.6. The summed E-state index contributed by atoms with van der Waals surface area (Å²) in [6, 6.07) is 17.3. The number of nitrogens with zero attached hydrogens (tertiary/aromatic N) is 1. The van der Waals surface area contributed by atoms with Crippen molar-refractivity contribution in [1.29, 1.82) is 0 Å². The van der Waals surface area contributed by atoms with Crippen LogP contribution in [0.1, 0.15) is 62.5 Å². The number of benzene rings is 2. The molecule has 0 aliphatic heterocycles. The monoisotopic (exact) mass is 534 g/mol. The minimum Gasteiger partial charge on any atom is -0.489 e. The first-order valence-corrected chi connectivity index (χ1v) is 13.2. The molecule has 0 bridgehead atoms. The number of carbonyl (C=O) groups excluding carboxylic acids is 1. The second kappa shape index (κ2) is 13.1. The van der Waals surface area contributed by atoms with Crippen molar-refractivity contribution in [2.24, 2.45) is 0 Å². The number of thiazole rings is 1. The Kier molecular flexibility index (Phi) is 9.85. The zero-order valence-electron chi connectivity index (χ0n) is 22.4. The number of carboxylic acid groups (broad SMARTS) is 1. The van der Waals surface area contributed by atoms with E-state index in [1.165, 1.54) is 11.3 Å². The van der Waals surface area contributed by atoms with E-state index in [4.69, 9.17) is 19.6 Å². The molecule has 1 atom stereocenters. The van der Waals surface area contributed by atoms with E-state index >= 15 is 0 Å². The average Bonchev–Trinajstić information content (AvgIpc) is 3.30. The van der Waals surface area contributed by atoms with Gasteiger partial charge in [0.05, 0.1) is 11.7 Å². The van der Waals surface area contributed by atoms with Crippen LogP contribution in [0.2, 0.25) is 0 Å². The molecule has 2 aromatic carbocycles. The molecular formula is C30H34N2O5S. The van der Waals surface area contributed by atoms with E-state index in [2.05, 4.69) is 5.32 Å². The first-order valence-electron chi connectivity index (χ1n) is 12.3. The van der Waals surface area contributed by atoms with E-state index in [9.17, 15) is 9.59 Å². The van der Waals surface area contributed by atoms with Crippen LogP contribution in [0.15, 0.2) is 77.2 Å². The number of alkyl carbamates (subject to hydrolysis) is 1. The quantitative estimate of drug-likeness (QED) is 0.215. The number of carbonyl (C=O) groups is 2. The number of nitrogens with one attached hydrogen (secondary N) is 1. The van der Waals surface area contributed by atoms with Crippen LogP contribution in [0.4, 0.5) is 4.79 Å². The van der Waals surface area contributed by atoms with Crippen LogP contribution in [0.3, 0.4) is 0 Å². The van der Waals surface area contributed by atoms with Crippen LogP contribution in [0, 0.1) is 0 Å². The second-order valence-corrected chi connectivity index (χ2v) is 10.8. The zero-order valence-corrected chi connectivity index (χ0v) is 23.2. The fourth-order valence-electron chi connectivity index (χ4n) is 3.55. The van der Waals surface area contributed by atoms with Gasteiger partial charge in [-0.3, -0.25) is 0 Å². The third-order valence-electron chi connectivity index (χ3n) is 5.30. The Morgan fingerprint density at radius 3 is 2.37 bits per heavy atom. The minimum atomic E-state index is -0.963. The molecule has 0 fully saturated rings. The molecule has 0 radical (unpaired) electrons. The lowest BCUT2D eigenvalue weighted by molar-refractivity contribution is -0.132. The minimum absolute atomic E-state index is 0.245. The fourth-order valence-corrected chi connectivity index (χ4v) is 4.38. The number of aromatic nitrogens is 1. The summed E-state index contributed by atoms with van der Waals surface area (Å²) < 4.78 is 11.4. The number of amides is 1. The smallest absolute Gasteiger partial charge is 0.408 e. The molecule has 0 aliphatic rings. The van der Waals surface area contributed by atoms with Gasteiger partial charge in [0.2, 0.25) is 0 Å². The molecule has 0 unspecified atom stereocenters. The highest BCUT2D eigenvalue weighted by Crippen LogP contribution is 2.25. The standard InChI is InChI=1S/C30H34N2O5S/c1-20(15-21(2)28(33)34)16-24-19-38-27(31-24)26(32-29(35)37-30(3,4)5)17-22-11-13-25(14-12-22)36-18-23-9-7-6-8-10-23/h6-16,19,26H,17-18H2,1-5H3,(H,32,35)(H,33,34)/b20-16+,21-15+/t26-/m0/s1. The largest absolute Gasteiger partial charge is 0.489 e. The highest BCUT2D eigenvalue weighted by atomic mass is 32.1. The predicted octanol–water partition coefficient (Wildman–Crippen LogP) is 6.96. The van der Waals surface area contributed by atoms with Crippen molar-refractivity contribution >= 4 is 29.5 Å². The van der Waals surface area contributed by atoms with E-state index in [-0.39, 0.29) is 5.57 Å². The molecule has 0 saturated carbocycles. The molecule has 0 saturated heterocycles. The van der Waals surface area contributed by atoms with Gasteiger partial charge in [-0.05, 0) is 82.0 Å². The Labute approximate surface area is 227 Å². The third kappa shape index (κ3) is 9.52. The van der Waals surface area contributed by atoms with E-state index in [0.717, 1.165) is 27.5 Å². The lowest BCUT2D eigenvalue weighted by atomic mass is 10.1. The Hall–Kier alpha value is -3.91. The highest BCUT2D eigenvalue weighted by molar-refractivity contribution is 7.09. The van der Waals surface area contributed by atoms with Gasteiger partial charge < -0.3 is 19.9 Å². The fraction of sp³-hybridized carbons (Fsp3) is 0.300. The van der Waals surface area contributed by atoms with Gasteiger partial charge in [-0.2, -0.15) is 0 Å². The van der Waals surface area contributed by atoms with Crippen molar-refractivity contribution in [3.63, 3.8) is 0 Å². The first kappa shape index (κ1) is 28.7. The van der Waals surface area contributed by atoms with Crippen LogP contribution < -0.4 is 10.1 Å². The van der Waals surface area contributed by atoms with E-state index in [1.807, 2.05) is 93.7 Å². The van der Waals surface area contributed by atoms with Gasteiger partial charge in [0.1, 0.15) is 23.0 Å². The number of aliphatic carboxylic acids is 1. The van der Waals surface area contributed by atoms with E-state index < -0.39 is 23.7 Å². The Morgan fingerprint density at radius 2 is 1.74 bits per heavy atom. The normalized spacial score (nSPS) is 13.1. The average molecular weight is 535 g/mol. The van der Waals surface area contributed by atoms with Gasteiger partial charge in [0.25, 0.3) is 0 Å². The van der Waals surface area contributed by atoms with E-state index in [1.54, 1.807) is 13.0 Å². The highest BCUT2D eigenvalue weighted by Gasteiger charge is 2.23. The molecular weight excluding hydrogens is 500 g/mol. The number of carboxylic acids is 1. The summed E-state index contributed by atoms with van der Waals surface area (Å²) in [5.74, 6) is -0.203. The molecule has 1 aromatic heterocycles. The maximum absolute atomic E-state index is 12.6. The molecule has 0 spiro atoms. The van der Waals surface area contributed by atoms with Crippen molar-refractivity contribution in [1.82, 2.24) is 10.3 Å². The third-order valence-corrected chi connectivity index (χ3v) is 6.27. The van der Waals surface area contributed by atoms with Crippen LogP contribution in [0.5, 0.6) is 5.75 Å². The van der Waals surface area contributed by atoms with Crippen LogP contribution in [0.25, 0.3) is 6.08 Å². The lowest BCUT2D eigenvalue weighted by Crippen LogP contribution is -2.35. The number of hydrogen-bond acceptors (Lipinski definition) is 6. The van der Waals surface area contributed by atoms with Gasteiger partial charge in [0.15, 0.2) is 0 Å².